The largest absolute Gasteiger partial charge is 0.292 e. The highest BCUT2D eigenvalue weighted by Gasteiger charge is 2.22. The van der Waals surface area contributed by atoms with E-state index in [9.17, 15) is 0 Å². The molecule has 5 nitrogen and oxygen atoms in total. The summed E-state index contributed by atoms with van der Waals surface area (Å²) < 4.78 is 2.28. The highest BCUT2D eigenvalue weighted by molar-refractivity contribution is 5.88. The van der Waals surface area contributed by atoms with Crippen LogP contribution in [0.5, 0.6) is 0 Å². The maximum absolute atomic E-state index is 5.20. The zero-order valence-electron chi connectivity index (χ0n) is 23.5. The van der Waals surface area contributed by atoms with Crippen LogP contribution in [-0.2, 0) is 0 Å². The summed E-state index contributed by atoms with van der Waals surface area (Å²) in [6.07, 6.45) is 0. The number of nitrogens with zero attached hydrogens (tertiary/aromatic N) is 5. The zero-order valence-corrected chi connectivity index (χ0v) is 23.5. The fourth-order valence-electron chi connectivity index (χ4n) is 5.43. The van der Waals surface area contributed by atoms with Gasteiger partial charge in [0.1, 0.15) is 5.82 Å². The van der Waals surface area contributed by atoms with Gasteiger partial charge in [-0.3, -0.25) is 4.57 Å². The van der Waals surface area contributed by atoms with Gasteiger partial charge in [-0.1, -0.05) is 129 Å². The van der Waals surface area contributed by atoms with Crippen molar-refractivity contribution in [3.05, 3.63) is 139 Å². The van der Waals surface area contributed by atoms with Crippen molar-refractivity contribution >= 4 is 11.0 Å². The van der Waals surface area contributed by atoms with Crippen LogP contribution in [0.2, 0.25) is 0 Å². The monoisotopic (exact) mass is 543 g/mol. The van der Waals surface area contributed by atoms with Crippen LogP contribution in [0, 0.1) is 0 Å². The third kappa shape index (κ3) is 4.65. The molecular formula is C37H29N5. The van der Waals surface area contributed by atoms with Gasteiger partial charge >= 0.3 is 0 Å². The van der Waals surface area contributed by atoms with Gasteiger partial charge in [0.05, 0.1) is 16.7 Å². The van der Waals surface area contributed by atoms with Gasteiger partial charge in [0.25, 0.3) is 0 Å². The van der Waals surface area contributed by atoms with Gasteiger partial charge in [-0.05, 0) is 29.7 Å². The minimum Gasteiger partial charge on any atom is -0.292 e. The summed E-state index contributed by atoms with van der Waals surface area (Å²) in [5.74, 6) is 3.06. The Hall–Kier alpha value is -5.42. The minimum atomic E-state index is 0.343. The number of fused-ring (bicyclic) bond motifs is 1. The van der Waals surface area contributed by atoms with Gasteiger partial charge < -0.3 is 0 Å². The molecule has 0 aliphatic carbocycles. The number of hydrogen-bond acceptors (Lipinski definition) is 4. The van der Waals surface area contributed by atoms with Gasteiger partial charge in [0, 0.05) is 22.3 Å². The molecule has 0 N–H and O–H groups in total. The van der Waals surface area contributed by atoms with Crippen molar-refractivity contribution in [3.8, 4) is 51.2 Å². The van der Waals surface area contributed by atoms with E-state index in [1.54, 1.807) is 0 Å². The van der Waals surface area contributed by atoms with E-state index in [-0.39, 0.29) is 0 Å². The Morgan fingerprint density at radius 2 is 1.00 bits per heavy atom. The second-order valence-corrected chi connectivity index (χ2v) is 10.6. The topological polar surface area (TPSA) is 56.5 Å². The van der Waals surface area contributed by atoms with Crippen LogP contribution in [0.15, 0.2) is 133 Å². The van der Waals surface area contributed by atoms with Crippen molar-refractivity contribution in [1.82, 2.24) is 24.5 Å². The van der Waals surface area contributed by atoms with Crippen molar-refractivity contribution in [3.63, 3.8) is 0 Å². The first-order valence-electron chi connectivity index (χ1n) is 14.2. The lowest BCUT2D eigenvalue weighted by molar-refractivity contribution is 0.851. The Balaban J connectivity index is 1.50. The van der Waals surface area contributed by atoms with Crippen LogP contribution in [0.4, 0.5) is 0 Å². The van der Waals surface area contributed by atoms with E-state index in [2.05, 4.69) is 73.0 Å². The van der Waals surface area contributed by atoms with E-state index in [0.29, 0.717) is 23.4 Å². The number of rotatable bonds is 6. The average molecular weight is 544 g/mol. The van der Waals surface area contributed by atoms with Crippen molar-refractivity contribution in [2.24, 2.45) is 0 Å². The molecule has 2 aromatic heterocycles. The van der Waals surface area contributed by atoms with Gasteiger partial charge in [0.2, 0.25) is 0 Å². The Morgan fingerprint density at radius 1 is 0.476 bits per heavy atom. The molecule has 0 aliphatic heterocycles. The SMILES string of the molecule is CC(C)c1ccccc1-n1c(-c2ccccc2-c2nc(-c3ccccc3)nc(-c3ccccc3)n2)nc2ccccc21. The molecule has 0 saturated heterocycles. The maximum atomic E-state index is 5.20. The predicted octanol–water partition coefficient (Wildman–Crippen LogP) is 9.00. The molecule has 0 fully saturated rings. The lowest BCUT2D eigenvalue weighted by Crippen LogP contribution is -2.05. The van der Waals surface area contributed by atoms with E-state index in [1.165, 1.54) is 5.56 Å². The van der Waals surface area contributed by atoms with Crippen molar-refractivity contribution in [2.75, 3.05) is 0 Å². The minimum absolute atomic E-state index is 0.343. The number of para-hydroxylation sites is 3. The first kappa shape index (κ1) is 25.5. The van der Waals surface area contributed by atoms with Crippen LogP contribution < -0.4 is 0 Å². The van der Waals surface area contributed by atoms with E-state index in [1.807, 2.05) is 78.9 Å². The lowest BCUT2D eigenvalue weighted by Gasteiger charge is -2.18. The first-order chi connectivity index (χ1) is 20.7. The van der Waals surface area contributed by atoms with Gasteiger partial charge in [-0.15, -0.1) is 0 Å². The Labute approximate surface area is 245 Å². The summed E-state index contributed by atoms with van der Waals surface area (Å²) in [6.45, 7) is 4.46. The van der Waals surface area contributed by atoms with Crippen LogP contribution >= 0.6 is 0 Å². The zero-order chi connectivity index (χ0) is 28.5. The fraction of sp³-hybridized carbons (Fsp3) is 0.0811. The smallest absolute Gasteiger partial charge is 0.164 e. The van der Waals surface area contributed by atoms with Crippen LogP contribution in [0.3, 0.4) is 0 Å². The van der Waals surface area contributed by atoms with E-state index >= 15 is 0 Å². The Bertz CT molecular complexity index is 1950. The van der Waals surface area contributed by atoms with Crippen molar-refractivity contribution in [1.29, 1.82) is 0 Å². The third-order valence-corrected chi connectivity index (χ3v) is 7.47. The molecule has 7 rings (SSSR count). The number of hydrogen-bond donors (Lipinski definition) is 0. The fourth-order valence-corrected chi connectivity index (χ4v) is 5.43. The molecule has 0 aliphatic rings. The third-order valence-electron chi connectivity index (χ3n) is 7.47. The predicted molar refractivity (Wildman–Crippen MR) is 170 cm³/mol. The maximum Gasteiger partial charge on any atom is 0.164 e. The lowest BCUT2D eigenvalue weighted by atomic mass is 10.00. The standard InChI is InChI=1S/C37H29N5/c1-25(2)28-19-11-13-23-32(28)42-33-24-14-12-22-31(33)38-37(42)30-21-10-9-20-29(30)36-40-34(26-15-5-3-6-16-26)39-35(41-36)27-17-7-4-8-18-27/h3-25H,1-2H3. The normalized spacial score (nSPS) is 11.3. The van der Waals surface area contributed by atoms with E-state index in [4.69, 9.17) is 19.9 Å². The molecular weight excluding hydrogens is 514 g/mol. The molecule has 5 aromatic carbocycles. The summed E-state index contributed by atoms with van der Waals surface area (Å²) in [6, 6.07) is 45.3. The van der Waals surface area contributed by atoms with Crippen molar-refractivity contribution in [2.45, 2.75) is 19.8 Å². The van der Waals surface area contributed by atoms with Gasteiger partial charge in [-0.25, -0.2) is 19.9 Å². The Morgan fingerprint density at radius 3 is 1.67 bits per heavy atom. The molecule has 0 spiro atoms. The van der Waals surface area contributed by atoms with E-state index in [0.717, 1.165) is 44.8 Å². The molecule has 0 radical (unpaired) electrons. The molecule has 7 aromatic rings. The molecule has 202 valence electrons. The second-order valence-electron chi connectivity index (χ2n) is 10.6. The molecule has 5 heteroatoms. The van der Waals surface area contributed by atoms with Gasteiger partial charge in [0.15, 0.2) is 17.5 Å². The average Bonchev–Trinajstić information content (AvgIpc) is 3.45. The first-order valence-corrected chi connectivity index (χ1v) is 14.2. The Kier molecular flexibility index (Phi) is 6.61. The summed E-state index contributed by atoms with van der Waals surface area (Å²) >= 11 is 0. The van der Waals surface area contributed by atoms with Crippen LogP contribution in [0.1, 0.15) is 25.3 Å². The van der Waals surface area contributed by atoms with Gasteiger partial charge in [-0.2, -0.15) is 0 Å². The molecule has 0 saturated carbocycles. The number of imidazole rings is 1. The molecule has 0 amide bonds. The highest BCUT2D eigenvalue weighted by atomic mass is 15.1. The summed E-state index contributed by atoms with van der Waals surface area (Å²) in [5, 5.41) is 0. The molecule has 42 heavy (non-hydrogen) atoms. The van der Waals surface area contributed by atoms with E-state index < -0.39 is 0 Å². The summed E-state index contributed by atoms with van der Waals surface area (Å²) in [4.78, 5) is 20.1. The second kappa shape index (κ2) is 10.9. The quantitative estimate of drug-likeness (QED) is 0.210. The summed E-state index contributed by atoms with van der Waals surface area (Å²) in [5.41, 5.74) is 8.11. The molecule has 0 bridgehead atoms. The van der Waals surface area contributed by atoms with Crippen molar-refractivity contribution < 1.29 is 0 Å². The number of aromatic nitrogens is 5. The molecule has 0 atom stereocenters. The summed E-state index contributed by atoms with van der Waals surface area (Å²) in [7, 11) is 0. The number of benzene rings is 5. The van der Waals surface area contributed by atoms with Crippen LogP contribution in [0.25, 0.3) is 62.3 Å². The highest BCUT2D eigenvalue weighted by Crippen LogP contribution is 2.37. The molecule has 2 heterocycles. The van der Waals surface area contributed by atoms with Crippen LogP contribution in [-0.4, -0.2) is 24.5 Å². The molecule has 0 unspecified atom stereocenters.